The van der Waals surface area contributed by atoms with Gasteiger partial charge < -0.3 is 10.0 Å². The molecule has 3 atom stereocenters. The number of hydrogen-bond acceptors (Lipinski definition) is 3. The van der Waals surface area contributed by atoms with Crippen LogP contribution in [-0.2, 0) is 11.3 Å². The lowest BCUT2D eigenvalue weighted by Crippen LogP contribution is -2.39. The fraction of sp³-hybridized carbons (Fsp3) is 0.588. The molecule has 2 aliphatic rings. The molecule has 0 spiro atoms. The molecule has 1 aromatic rings. The fourth-order valence-electron chi connectivity index (χ4n) is 3.96. The van der Waals surface area contributed by atoms with E-state index in [2.05, 4.69) is 11.9 Å². The van der Waals surface area contributed by atoms with Gasteiger partial charge in [0.2, 0.25) is 5.91 Å². The summed E-state index contributed by atoms with van der Waals surface area (Å²) < 4.78 is 0. The van der Waals surface area contributed by atoms with Crippen molar-refractivity contribution in [3.8, 4) is 5.75 Å². The Morgan fingerprint density at radius 2 is 2.00 bits per heavy atom. The van der Waals surface area contributed by atoms with Gasteiger partial charge in [0.15, 0.2) is 0 Å². The summed E-state index contributed by atoms with van der Waals surface area (Å²) in [6.45, 7) is 1.46. The molecule has 1 aliphatic heterocycles. The minimum absolute atomic E-state index is 0.0618. The van der Waals surface area contributed by atoms with Crippen LogP contribution in [0.5, 0.6) is 5.75 Å². The van der Waals surface area contributed by atoms with E-state index in [1.165, 1.54) is 6.07 Å². The van der Waals surface area contributed by atoms with Gasteiger partial charge in [0.05, 0.1) is 5.02 Å². The van der Waals surface area contributed by atoms with Gasteiger partial charge in [-0.15, -0.1) is 0 Å². The first-order valence-electron chi connectivity index (χ1n) is 7.96. The van der Waals surface area contributed by atoms with Crippen molar-refractivity contribution < 1.29 is 9.90 Å². The number of halogens is 2. The van der Waals surface area contributed by atoms with Gasteiger partial charge in [-0.05, 0) is 43.9 Å². The molecule has 23 heavy (non-hydrogen) atoms. The Kier molecular flexibility index (Phi) is 4.77. The third-order valence-electron chi connectivity index (χ3n) is 5.38. The Labute approximate surface area is 147 Å². The number of piperidine rings is 1. The lowest BCUT2D eigenvalue weighted by atomic mass is 9.88. The van der Waals surface area contributed by atoms with E-state index in [4.69, 9.17) is 23.2 Å². The molecule has 0 aromatic heterocycles. The Morgan fingerprint density at radius 1 is 1.30 bits per heavy atom. The second-order valence-corrected chi connectivity index (χ2v) is 7.68. The SMILES string of the molecule is CN1C[C@@H]2C[C@H](N(C)Cc3c(Cl)ccc(O)c3Cl)C[C@@H]2CC1=O. The molecular formula is C17H22Cl2N2O2. The van der Waals surface area contributed by atoms with E-state index < -0.39 is 0 Å². The van der Waals surface area contributed by atoms with Crippen molar-refractivity contribution in [2.75, 3.05) is 20.6 Å². The largest absolute Gasteiger partial charge is 0.506 e. The van der Waals surface area contributed by atoms with E-state index in [9.17, 15) is 9.90 Å². The zero-order valence-electron chi connectivity index (χ0n) is 13.4. The highest BCUT2D eigenvalue weighted by Crippen LogP contribution is 2.41. The highest BCUT2D eigenvalue weighted by molar-refractivity contribution is 6.36. The topological polar surface area (TPSA) is 43.8 Å². The first kappa shape index (κ1) is 16.9. The summed E-state index contributed by atoms with van der Waals surface area (Å²) in [5.74, 6) is 1.39. The summed E-state index contributed by atoms with van der Waals surface area (Å²) in [5.41, 5.74) is 0.763. The van der Waals surface area contributed by atoms with E-state index in [-0.39, 0.29) is 11.7 Å². The highest BCUT2D eigenvalue weighted by atomic mass is 35.5. The zero-order valence-corrected chi connectivity index (χ0v) is 14.9. The molecule has 2 fully saturated rings. The Hall–Kier alpha value is -0.970. The average Bonchev–Trinajstić information content (AvgIpc) is 2.91. The maximum absolute atomic E-state index is 11.9. The molecule has 0 radical (unpaired) electrons. The van der Waals surface area contributed by atoms with E-state index in [0.717, 1.165) is 24.9 Å². The van der Waals surface area contributed by atoms with E-state index >= 15 is 0 Å². The van der Waals surface area contributed by atoms with Crippen LogP contribution in [0.15, 0.2) is 12.1 Å². The summed E-state index contributed by atoms with van der Waals surface area (Å²) in [4.78, 5) is 16.0. The lowest BCUT2D eigenvalue weighted by molar-refractivity contribution is -0.134. The van der Waals surface area contributed by atoms with Gasteiger partial charge in [-0.1, -0.05) is 23.2 Å². The number of benzene rings is 1. The summed E-state index contributed by atoms with van der Waals surface area (Å²) in [6, 6.07) is 3.60. The molecule has 4 nitrogen and oxygen atoms in total. The van der Waals surface area contributed by atoms with Crippen molar-refractivity contribution in [2.45, 2.75) is 31.8 Å². The quantitative estimate of drug-likeness (QED) is 0.902. The van der Waals surface area contributed by atoms with E-state index in [1.807, 2.05) is 11.9 Å². The average molecular weight is 357 g/mol. The molecule has 1 aliphatic carbocycles. The number of phenolic OH excluding ortho intramolecular Hbond substituents is 1. The monoisotopic (exact) mass is 356 g/mol. The molecule has 3 rings (SSSR count). The van der Waals surface area contributed by atoms with Gasteiger partial charge in [0.1, 0.15) is 5.75 Å². The summed E-state index contributed by atoms with van der Waals surface area (Å²) in [5, 5.41) is 10.7. The minimum Gasteiger partial charge on any atom is -0.506 e. The smallest absolute Gasteiger partial charge is 0.222 e. The normalized spacial score (nSPS) is 27.6. The number of nitrogens with zero attached hydrogens (tertiary/aromatic N) is 2. The van der Waals surface area contributed by atoms with E-state index in [1.54, 1.807) is 6.07 Å². The predicted molar refractivity (Wildman–Crippen MR) is 91.8 cm³/mol. The lowest BCUT2D eigenvalue weighted by Gasteiger charge is -2.31. The third kappa shape index (κ3) is 3.30. The first-order chi connectivity index (χ1) is 10.9. The number of rotatable bonds is 3. The maximum atomic E-state index is 11.9. The van der Waals surface area contributed by atoms with E-state index in [0.29, 0.717) is 40.9 Å². The molecule has 0 bridgehead atoms. The maximum Gasteiger partial charge on any atom is 0.222 e. The number of aromatic hydroxyl groups is 1. The number of hydrogen-bond donors (Lipinski definition) is 1. The van der Waals surface area contributed by atoms with Crippen LogP contribution in [0.3, 0.4) is 0 Å². The van der Waals surface area contributed by atoms with Crippen LogP contribution in [-0.4, -0.2) is 47.5 Å². The van der Waals surface area contributed by atoms with Gasteiger partial charge >= 0.3 is 0 Å². The van der Waals surface area contributed by atoms with Crippen molar-refractivity contribution >= 4 is 29.1 Å². The van der Waals surface area contributed by atoms with Crippen LogP contribution in [0.4, 0.5) is 0 Å². The standard InChI is InChI=1S/C17H22Cl2N2O2/c1-20(9-13-14(18)3-4-15(22)17(13)19)12-5-10-7-16(23)21(2)8-11(10)6-12/h3-4,10-12,22H,5-9H2,1-2H3/t10-,11+,12-/m1/s1. The Balaban J connectivity index is 1.70. The summed E-state index contributed by atoms with van der Waals surface area (Å²) in [7, 11) is 3.95. The molecule has 1 heterocycles. The van der Waals surface area contributed by atoms with Crippen LogP contribution in [0.1, 0.15) is 24.8 Å². The van der Waals surface area contributed by atoms with Crippen molar-refractivity contribution in [1.29, 1.82) is 0 Å². The van der Waals surface area contributed by atoms with Crippen LogP contribution < -0.4 is 0 Å². The van der Waals surface area contributed by atoms with Crippen LogP contribution >= 0.6 is 23.2 Å². The molecule has 1 saturated heterocycles. The van der Waals surface area contributed by atoms with Crippen molar-refractivity contribution in [1.82, 2.24) is 9.80 Å². The highest BCUT2D eigenvalue weighted by Gasteiger charge is 2.41. The summed E-state index contributed by atoms with van der Waals surface area (Å²) >= 11 is 12.4. The number of carbonyl (C=O) groups excluding carboxylic acids is 1. The number of likely N-dealkylation sites (tertiary alicyclic amines) is 1. The van der Waals surface area contributed by atoms with Crippen molar-refractivity contribution in [2.24, 2.45) is 11.8 Å². The predicted octanol–water partition coefficient (Wildman–Crippen LogP) is 3.39. The number of fused-ring (bicyclic) bond motifs is 1. The second kappa shape index (κ2) is 6.50. The van der Waals surface area contributed by atoms with Gasteiger partial charge in [0, 0.05) is 43.2 Å². The molecule has 0 unspecified atom stereocenters. The zero-order chi connectivity index (χ0) is 16.7. The first-order valence-corrected chi connectivity index (χ1v) is 8.72. The van der Waals surface area contributed by atoms with Gasteiger partial charge in [-0.2, -0.15) is 0 Å². The molecule has 1 N–H and O–H groups in total. The molecule has 1 aromatic carbocycles. The van der Waals surface area contributed by atoms with Gasteiger partial charge in [-0.3, -0.25) is 9.69 Å². The number of carbonyl (C=O) groups is 1. The van der Waals surface area contributed by atoms with Gasteiger partial charge in [0.25, 0.3) is 0 Å². The summed E-state index contributed by atoms with van der Waals surface area (Å²) in [6.07, 6.45) is 2.79. The van der Waals surface area contributed by atoms with Crippen LogP contribution in [0.2, 0.25) is 10.0 Å². The number of amides is 1. The Bertz CT molecular complexity index is 623. The number of phenols is 1. The fourth-order valence-corrected chi connectivity index (χ4v) is 4.45. The van der Waals surface area contributed by atoms with Crippen LogP contribution in [0.25, 0.3) is 0 Å². The van der Waals surface area contributed by atoms with Crippen molar-refractivity contribution in [3.63, 3.8) is 0 Å². The molecule has 1 saturated carbocycles. The second-order valence-electron chi connectivity index (χ2n) is 6.90. The Morgan fingerprint density at radius 3 is 2.74 bits per heavy atom. The molecule has 6 heteroatoms. The van der Waals surface area contributed by atoms with Gasteiger partial charge in [-0.25, -0.2) is 0 Å². The minimum atomic E-state index is 0.0618. The van der Waals surface area contributed by atoms with Crippen molar-refractivity contribution in [3.05, 3.63) is 27.7 Å². The van der Waals surface area contributed by atoms with Crippen LogP contribution in [0, 0.1) is 11.8 Å². The molecule has 126 valence electrons. The third-order valence-corrected chi connectivity index (χ3v) is 6.16. The molecular weight excluding hydrogens is 335 g/mol. The molecule has 1 amide bonds.